The summed E-state index contributed by atoms with van der Waals surface area (Å²) in [6, 6.07) is 5.03. The molecule has 184 valence electrons. The van der Waals surface area contributed by atoms with Crippen LogP contribution in [0, 0.1) is 11.8 Å². The Morgan fingerprint density at radius 2 is 1.48 bits per heavy atom. The molecule has 0 bridgehead atoms. The van der Waals surface area contributed by atoms with Crippen LogP contribution in [-0.2, 0) is 25.6 Å². The fourth-order valence-electron chi connectivity index (χ4n) is 3.13. The van der Waals surface area contributed by atoms with Gasteiger partial charge in [-0.25, -0.2) is 4.79 Å². The van der Waals surface area contributed by atoms with Gasteiger partial charge in [0.05, 0.1) is 6.04 Å². The molecule has 0 heterocycles. The van der Waals surface area contributed by atoms with Gasteiger partial charge < -0.3 is 26.8 Å². The first-order valence-electron chi connectivity index (χ1n) is 11.1. The number of aliphatic carboxylic acids is 1. The first-order chi connectivity index (χ1) is 15.5. The topological polar surface area (TPSA) is 151 Å². The van der Waals surface area contributed by atoms with Gasteiger partial charge >= 0.3 is 5.97 Å². The summed E-state index contributed by atoms with van der Waals surface area (Å²) >= 11 is 4.01. The van der Waals surface area contributed by atoms with Crippen LogP contribution in [0.15, 0.2) is 30.3 Å². The number of nitrogens with two attached hydrogens (primary N) is 1. The Bertz CT molecular complexity index is 805. The molecular formula is C23H36N4O5S. The summed E-state index contributed by atoms with van der Waals surface area (Å²) in [5.41, 5.74) is 6.47. The van der Waals surface area contributed by atoms with E-state index in [4.69, 9.17) is 5.73 Å². The smallest absolute Gasteiger partial charge is 0.326 e. The summed E-state index contributed by atoms with van der Waals surface area (Å²) < 4.78 is 0. The van der Waals surface area contributed by atoms with E-state index in [1.54, 1.807) is 38.1 Å². The van der Waals surface area contributed by atoms with Crippen molar-refractivity contribution in [3.63, 3.8) is 0 Å². The van der Waals surface area contributed by atoms with Crippen LogP contribution < -0.4 is 21.7 Å². The van der Waals surface area contributed by atoms with E-state index >= 15 is 0 Å². The van der Waals surface area contributed by atoms with Crippen LogP contribution in [-0.4, -0.2) is 58.7 Å². The van der Waals surface area contributed by atoms with Crippen molar-refractivity contribution in [3.8, 4) is 0 Å². The monoisotopic (exact) mass is 480 g/mol. The van der Waals surface area contributed by atoms with Gasteiger partial charge in [0.25, 0.3) is 0 Å². The largest absolute Gasteiger partial charge is 0.480 e. The number of carboxylic acid groups (broad SMARTS) is 1. The third kappa shape index (κ3) is 9.05. The SMILES string of the molecule is CCC(C)C(NC(=O)C(N)CS)C(=O)NC(C(=O)NC(Cc1ccccc1)C(=O)O)C(C)C. The summed E-state index contributed by atoms with van der Waals surface area (Å²) in [6.45, 7) is 7.17. The maximum Gasteiger partial charge on any atom is 0.326 e. The summed E-state index contributed by atoms with van der Waals surface area (Å²) in [5, 5.41) is 17.4. The van der Waals surface area contributed by atoms with Gasteiger partial charge in [0, 0.05) is 12.2 Å². The molecule has 9 nitrogen and oxygen atoms in total. The van der Waals surface area contributed by atoms with Crippen LogP contribution >= 0.6 is 12.6 Å². The van der Waals surface area contributed by atoms with Crippen molar-refractivity contribution < 1.29 is 24.3 Å². The molecule has 0 spiro atoms. The zero-order chi connectivity index (χ0) is 25.1. The number of nitrogens with one attached hydrogen (secondary N) is 3. The van der Waals surface area contributed by atoms with E-state index in [-0.39, 0.29) is 24.0 Å². The molecule has 5 unspecified atom stereocenters. The summed E-state index contributed by atoms with van der Waals surface area (Å²) in [5.74, 6) is -3.25. The van der Waals surface area contributed by atoms with E-state index in [9.17, 15) is 24.3 Å². The van der Waals surface area contributed by atoms with Crippen LogP contribution in [0.2, 0.25) is 0 Å². The molecule has 0 aliphatic carbocycles. The Morgan fingerprint density at radius 1 is 0.939 bits per heavy atom. The van der Waals surface area contributed by atoms with Crippen LogP contribution in [0.4, 0.5) is 0 Å². The van der Waals surface area contributed by atoms with Crippen LogP contribution in [0.25, 0.3) is 0 Å². The van der Waals surface area contributed by atoms with Gasteiger partial charge in [-0.15, -0.1) is 0 Å². The lowest BCUT2D eigenvalue weighted by atomic mass is 9.96. The molecule has 0 fully saturated rings. The Hall–Kier alpha value is -2.59. The molecule has 0 saturated heterocycles. The molecular weight excluding hydrogens is 444 g/mol. The molecule has 1 rings (SSSR count). The third-order valence-electron chi connectivity index (χ3n) is 5.47. The summed E-state index contributed by atoms with van der Waals surface area (Å²) in [6.07, 6.45) is 0.707. The summed E-state index contributed by atoms with van der Waals surface area (Å²) in [4.78, 5) is 50.0. The van der Waals surface area contributed by atoms with E-state index in [1.807, 2.05) is 19.9 Å². The molecule has 3 amide bonds. The minimum absolute atomic E-state index is 0.105. The predicted octanol–water partition coefficient (Wildman–Crippen LogP) is 0.727. The normalized spacial score (nSPS) is 15.6. The molecule has 5 atom stereocenters. The first kappa shape index (κ1) is 28.4. The number of carbonyl (C=O) groups is 4. The van der Waals surface area contributed by atoms with Crippen LogP contribution in [0.3, 0.4) is 0 Å². The average molecular weight is 481 g/mol. The molecule has 0 radical (unpaired) electrons. The highest BCUT2D eigenvalue weighted by Crippen LogP contribution is 2.11. The van der Waals surface area contributed by atoms with Crippen LogP contribution in [0.5, 0.6) is 0 Å². The highest BCUT2D eigenvalue weighted by Gasteiger charge is 2.33. The fourth-order valence-corrected chi connectivity index (χ4v) is 3.30. The zero-order valence-corrected chi connectivity index (χ0v) is 20.5. The molecule has 10 heteroatoms. The Kier molecular flexibility index (Phi) is 11.9. The van der Waals surface area contributed by atoms with Crippen LogP contribution in [0.1, 0.15) is 39.7 Å². The van der Waals surface area contributed by atoms with Gasteiger partial charge in [-0.05, 0) is 17.4 Å². The van der Waals surface area contributed by atoms with Gasteiger partial charge in [-0.3, -0.25) is 14.4 Å². The molecule has 0 aromatic heterocycles. The standard InChI is InChI=1S/C23H36N4O5S/c1-5-14(4)19(27-20(28)16(24)12-33)22(30)26-18(13(2)3)21(29)25-17(23(31)32)11-15-9-7-6-8-10-15/h6-10,13-14,16-19,33H,5,11-12,24H2,1-4H3,(H,25,29)(H,26,30)(H,27,28)(H,31,32). The van der Waals surface area contributed by atoms with Crippen molar-refractivity contribution in [3.05, 3.63) is 35.9 Å². The fraction of sp³-hybridized carbons (Fsp3) is 0.565. The van der Waals surface area contributed by atoms with Crippen molar-refractivity contribution in [2.45, 2.75) is 64.7 Å². The average Bonchev–Trinajstić information content (AvgIpc) is 2.79. The Balaban J connectivity index is 2.97. The number of thiol groups is 1. The molecule has 0 aliphatic rings. The minimum atomic E-state index is -1.17. The quantitative estimate of drug-likeness (QED) is 0.229. The Morgan fingerprint density at radius 3 is 1.97 bits per heavy atom. The number of carboxylic acids is 1. The zero-order valence-electron chi connectivity index (χ0n) is 19.6. The van der Waals surface area contributed by atoms with Crippen molar-refractivity contribution >= 4 is 36.3 Å². The van der Waals surface area contributed by atoms with E-state index in [2.05, 4.69) is 28.6 Å². The lowest BCUT2D eigenvalue weighted by Crippen LogP contribution is -2.60. The summed E-state index contributed by atoms with van der Waals surface area (Å²) in [7, 11) is 0. The van der Waals surface area contributed by atoms with Gasteiger partial charge in [0.1, 0.15) is 18.1 Å². The maximum atomic E-state index is 13.0. The second-order valence-corrected chi connectivity index (χ2v) is 8.85. The van der Waals surface area contributed by atoms with Crippen molar-refractivity contribution in [1.82, 2.24) is 16.0 Å². The first-order valence-corrected chi connectivity index (χ1v) is 11.7. The second-order valence-electron chi connectivity index (χ2n) is 8.48. The highest BCUT2D eigenvalue weighted by atomic mass is 32.1. The van der Waals surface area contributed by atoms with E-state index < -0.39 is 47.9 Å². The lowest BCUT2D eigenvalue weighted by molar-refractivity contribution is -0.142. The maximum absolute atomic E-state index is 13.0. The number of hydrogen-bond acceptors (Lipinski definition) is 6. The minimum Gasteiger partial charge on any atom is -0.480 e. The Labute approximate surface area is 200 Å². The van der Waals surface area contributed by atoms with Gasteiger partial charge in [-0.1, -0.05) is 64.4 Å². The molecule has 6 N–H and O–H groups in total. The lowest BCUT2D eigenvalue weighted by Gasteiger charge is -2.29. The number of hydrogen-bond donors (Lipinski definition) is 6. The van der Waals surface area contributed by atoms with Crippen molar-refractivity contribution in [2.75, 3.05) is 5.75 Å². The van der Waals surface area contributed by atoms with Crippen molar-refractivity contribution in [1.29, 1.82) is 0 Å². The van der Waals surface area contributed by atoms with E-state index in [0.29, 0.717) is 6.42 Å². The number of benzene rings is 1. The van der Waals surface area contributed by atoms with Crippen molar-refractivity contribution in [2.24, 2.45) is 17.6 Å². The second kappa shape index (κ2) is 13.8. The van der Waals surface area contributed by atoms with E-state index in [0.717, 1.165) is 5.56 Å². The highest BCUT2D eigenvalue weighted by molar-refractivity contribution is 7.80. The van der Waals surface area contributed by atoms with Gasteiger partial charge in [0.2, 0.25) is 17.7 Å². The molecule has 1 aromatic carbocycles. The van der Waals surface area contributed by atoms with E-state index in [1.165, 1.54) is 0 Å². The molecule has 33 heavy (non-hydrogen) atoms. The number of amides is 3. The molecule has 1 aromatic rings. The van der Waals surface area contributed by atoms with Gasteiger partial charge in [-0.2, -0.15) is 12.6 Å². The molecule has 0 aliphatic heterocycles. The number of rotatable bonds is 13. The predicted molar refractivity (Wildman–Crippen MR) is 130 cm³/mol. The van der Waals surface area contributed by atoms with Gasteiger partial charge in [0.15, 0.2) is 0 Å². The third-order valence-corrected chi connectivity index (χ3v) is 5.86. The number of carbonyl (C=O) groups excluding carboxylic acids is 3. The molecule has 0 saturated carbocycles.